The van der Waals surface area contributed by atoms with Crippen LogP contribution in [0.2, 0.25) is 0 Å². The molecule has 0 N–H and O–H groups in total. The molecule has 0 spiro atoms. The van der Waals surface area contributed by atoms with E-state index in [2.05, 4.69) is 11.8 Å². The Labute approximate surface area is 92.8 Å². The molecule has 3 heteroatoms. The highest BCUT2D eigenvalue weighted by molar-refractivity contribution is 5.76. The number of hydrogen-bond donors (Lipinski definition) is 0. The lowest BCUT2D eigenvalue weighted by Crippen LogP contribution is -2.48. The van der Waals surface area contributed by atoms with Crippen molar-refractivity contribution in [3.63, 3.8) is 0 Å². The van der Waals surface area contributed by atoms with Crippen LogP contribution in [0.25, 0.3) is 0 Å². The Morgan fingerprint density at radius 3 is 2.47 bits per heavy atom. The number of esters is 1. The molecule has 3 nitrogen and oxygen atoms in total. The fourth-order valence-electron chi connectivity index (χ4n) is 1.97. The van der Waals surface area contributed by atoms with E-state index in [1.54, 1.807) is 0 Å². The number of carbonyl (C=O) groups is 1. The van der Waals surface area contributed by atoms with Gasteiger partial charge < -0.3 is 4.74 Å². The molecule has 1 rings (SSSR count). The largest absolute Gasteiger partial charge is 0.459 e. The third-order valence-electron chi connectivity index (χ3n) is 2.97. The van der Waals surface area contributed by atoms with Crippen LogP contribution in [0.5, 0.6) is 0 Å². The Kier molecular flexibility index (Phi) is 3.77. The van der Waals surface area contributed by atoms with Crippen LogP contribution in [0.4, 0.5) is 0 Å². The van der Waals surface area contributed by atoms with Gasteiger partial charge in [-0.2, -0.15) is 0 Å². The molecular formula is C12H23NO2. The average Bonchev–Trinajstić information content (AvgIpc) is 2.06. The summed E-state index contributed by atoms with van der Waals surface area (Å²) < 4.78 is 5.42. The van der Waals surface area contributed by atoms with Gasteiger partial charge >= 0.3 is 5.97 Å². The first-order valence-electron chi connectivity index (χ1n) is 5.76. The highest BCUT2D eigenvalue weighted by Crippen LogP contribution is 2.23. The highest BCUT2D eigenvalue weighted by atomic mass is 16.6. The van der Waals surface area contributed by atoms with E-state index in [1.807, 2.05) is 27.8 Å². The van der Waals surface area contributed by atoms with Crippen LogP contribution in [-0.2, 0) is 9.53 Å². The van der Waals surface area contributed by atoms with Crippen molar-refractivity contribution in [3.05, 3.63) is 0 Å². The second-order valence-electron chi connectivity index (χ2n) is 5.49. The Bertz CT molecular complexity index is 232. The summed E-state index contributed by atoms with van der Waals surface area (Å²) in [5.41, 5.74) is -0.376. The summed E-state index contributed by atoms with van der Waals surface area (Å²) in [6.45, 7) is 7.90. The van der Waals surface area contributed by atoms with Crippen molar-refractivity contribution in [1.82, 2.24) is 4.90 Å². The lowest BCUT2D eigenvalue weighted by atomic mass is 9.97. The molecule has 0 aliphatic carbocycles. The number of piperidine rings is 1. The monoisotopic (exact) mass is 213 g/mol. The molecule has 0 amide bonds. The van der Waals surface area contributed by atoms with Crippen molar-refractivity contribution in [1.29, 1.82) is 0 Å². The second kappa shape index (κ2) is 4.52. The number of nitrogens with zero attached hydrogens (tertiary/aromatic N) is 1. The van der Waals surface area contributed by atoms with Gasteiger partial charge in [0.1, 0.15) is 11.6 Å². The van der Waals surface area contributed by atoms with E-state index in [4.69, 9.17) is 4.74 Å². The van der Waals surface area contributed by atoms with Crippen molar-refractivity contribution in [2.75, 3.05) is 7.05 Å². The highest BCUT2D eigenvalue weighted by Gasteiger charge is 2.33. The van der Waals surface area contributed by atoms with Gasteiger partial charge in [-0.05, 0) is 54.0 Å². The lowest BCUT2D eigenvalue weighted by Gasteiger charge is -2.37. The molecule has 0 aromatic carbocycles. The first kappa shape index (κ1) is 12.5. The molecule has 0 aromatic rings. The quantitative estimate of drug-likeness (QED) is 0.625. The van der Waals surface area contributed by atoms with Crippen molar-refractivity contribution < 1.29 is 9.53 Å². The van der Waals surface area contributed by atoms with Gasteiger partial charge in [-0.1, -0.05) is 0 Å². The summed E-state index contributed by atoms with van der Waals surface area (Å²) >= 11 is 0. The summed E-state index contributed by atoms with van der Waals surface area (Å²) in [5.74, 6) is -0.0726. The molecule has 2 atom stereocenters. The number of carbonyl (C=O) groups excluding carboxylic acids is 1. The summed E-state index contributed by atoms with van der Waals surface area (Å²) in [6.07, 6.45) is 3.22. The maximum Gasteiger partial charge on any atom is 0.323 e. The maximum atomic E-state index is 11.9. The summed E-state index contributed by atoms with van der Waals surface area (Å²) in [6, 6.07) is 0.434. The molecule has 0 radical (unpaired) electrons. The molecule has 0 bridgehead atoms. The predicted octanol–water partition coefficient (Wildman–Crippen LogP) is 2.20. The zero-order chi connectivity index (χ0) is 11.6. The molecular weight excluding hydrogens is 190 g/mol. The molecule has 0 aromatic heterocycles. The molecule has 1 aliphatic rings. The van der Waals surface area contributed by atoms with Gasteiger partial charge in [0.2, 0.25) is 0 Å². The third kappa shape index (κ3) is 3.49. The zero-order valence-electron chi connectivity index (χ0n) is 10.5. The van der Waals surface area contributed by atoms with Gasteiger partial charge in [-0.15, -0.1) is 0 Å². The normalized spacial score (nSPS) is 28.9. The molecule has 2 unspecified atom stereocenters. The number of rotatable bonds is 1. The maximum absolute atomic E-state index is 11.9. The van der Waals surface area contributed by atoms with Crippen LogP contribution in [0, 0.1) is 0 Å². The fourth-order valence-corrected chi connectivity index (χ4v) is 1.97. The molecule has 1 heterocycles. The van der Waals surface area contributed by atoms with Gasteiger partial charge in [0, 0.05) is 6.04 Å². The Morgan fingerprint density at radius 1 is 1.33 bits per heavy atom. The van der Waals surface area contributed by atoms with Crippen LogP contribution >= 0.6 is 0 Å². The SMILES string of the molecule is CC1CCCC(C(=O)OC(C)(C)C)N1C. The van der Waals surface area contributed by atoms with Gasteiger partial charge in [0.05, 0.1) is 0 Å². The van der Waals surface area contributed by atoms with Gasteiger partial charge in [0.15, 0.2) is 0 Å². The fraction of sp³-hybridized carbons (Fsp3) is 0.917. The third-order valence-corrected chi connectivity index (χ3v) is 2.97. The number of likely N-dealkylation sites (tertiary alicyclic amines) is 1. The first-order chi connectivity index (χ1) is 6.81. The minimum atomic E-state index is -0.376. The summed E-state index contributed by atoms with van der Waals surface area (Å²) in [5, 5.41) is 0. The molecule has 1 aliphatic heterocycles. The standard InChI is InChI=1S/C12H23NO2/c1-9-7-6-8-10(13(9)5)11(14)15-12(2,3)4/h9-10H,6-8H2,1-5H3. The first-order valence-corrected chi connectivity index (χ1v) is 5.76. The number of ether oxygens (including phenoxy) is 1. The van der Waals surface area contributed by atoms with E-state index >= 15 is 0 Å². The van der Waals surface area contributed by atoms with Gasteiger partial charge in [-0.25, -0.2) is 0 Å². The molecule has 1 saturated heterocycles. The van der Waals surface area contributed by atoms with Crippen LogP contribution < -0.4 is 0 Å². The molecule has 15 heavy (non-hydrogen) atoms. The van der Waals surface area contributed by atoms with E-state index in [1.165, 1.54) is 6.42 Å². The lowest BCUT2D eigenvalue weighted by molar-refractivity contribution is -0.163. The summed E-state index contributed by atoms with van der Waals surface area (Å²) in [4.78, 5) is 14.0. The minimum Gasteiger partial charge on any atom is -0.459 e. The smallest absolute Gasteiger partial charge is 0.323 e. The predicted molar refractivity (Wildman–Crippen MR) is 60.7 cm³/mol. The van der Waals surface area contributed by atoms with Gasteiger partial charge in [-0.3, -0.25) is 9.69 Å². The van der Waals surface area contributed by atoms with Crippen molar-refractivity contribution in [3.8, 4) is 0 Å². The van der Waals surface area contributed by atoms with Gasteiger partial charge in [0.25, 0.3) is 0 Å². The van der Waals surface area contributed by atoms with E-state index in [-0.39, 0.29) is 17.6 Å². The van der Waals surface area contributed by atoms with Crippen LogP contribution in [0.3, 0.4) is 0 Å². The summed E-state index contributed by atoms with van der Waals surface area (Å²) in [7, 11) is 2.01. The van der Waals surface area contributed by atoms with E-state index < -0.39 is 0 Å². The Hall–Kier alpha value is -0.570. The molecule has 0 saturated carbocycles. The van der Waals surface area contributed by atoms with Crippen LogP contribution in [-0.4, -0.2) is 35.6 Å². The van der Waals surface area contributed by atoms with E-state index in [9.17, 15) is 4.79 Å². The second-order valence-corrected chi connectivity index (χ2v) is 5.49. The van der Waals surface area contributed by atoms with E-state index in [0.29, 0.717) is 6.04 Å². The van der Waals surface area contributed by atoms with Crippen molar-refractivity contribution in [2.45, 2.75) is 64.6 Å². The zero-order valence-corrected chi connectivity index (χ0v) is 10.5. The van der Waals surface area contributed by atoms with Crippen molar-refractivity contribution >= 4 is 5.97 Å². The van der Waals surface area contributed by atoms with Crippen LogP contribution in [0.1, 0.15) is 47.0 Å². The van der Waals surface area contributed by atoms with Crippen LogP contribution in [0.15, 0.2) is 0 Å². The molecule has 1 fully saturated rings. The molecule has 88 valence electrons. The average molecular weight is 213 g/mol. The van der Waals surface area contributed by atoms with E-state index in [0.717, 1.165) is 12.8 Å². The minimum absolute atomic E-state index is 0.0482. The Balaban J connectivity index is 2.59. The topological polar surface area (TPSA) is 29.5 Å². The van der Waals surface area contributed by atoms with Crippen molar-refractivity contribution in [2.24, 2.45) is 0 Å². The number of hydrogen-bond acceptors (Lipinski definition) is 3. The Morgan fingerprint density at radius 2 is 1.93 bits per heavy atom. The number of likely N-dealkylation sites (N-methyl/N-ethyl adjacent to an activating group) is 1.